The van der Waals surface area contributed by atoms with Gasteiger partial charge >= 0.3 is 0 Å². The van der Waals surface area contributed by atoms with Crippen LogP contribution in [-0.4, -0.2) is 10.1 Å². The maximum absolute atomic E-state index is 12.8. The first-order valence-corrected chi connectivity index (χ1v) is 4.13. The minimum atomic E-state index is -0.529. The lowest BCUT2D eigenvalue weighted by atomic mass is 10.1. The molecule has 0 saturated heterocycles. The molecule has 2 rings (SSSR count). The van der Waals surface area contributed by atoms with Crippen LogP contribution in [-0.2, 0) is 0 Å². The van der Waals surface area contributed by atoms with E-state index in [0.717, 1.165) is 16.5 Å². The molecule has 0 radical (unpaired) electrons. The lowest BCUT2D eigenvalue weighted by Gasteiger charge is -2.00. The molecule has 0 amide bonds. The van der Waals surface area contributed by atoms with Crippen molar-refractivity contribution >= 4 is 10.9 Å². The molecule has 2 aromatic rings. The number of aromatic amines is 1. The highest BCUT2D eigenvalue weighted by atomic mass is 19.1. The fourth-order valence-corrected chi connectivity index (χ4v) is 1.47. The number of H-pyrrole nitrogens is 1. The van der Waals surface area contributed by atoms with Crippen LogP contribution in [0.1, 0.15) is 18.6 Å². The summed E-state index contributed by atoms with van der Waals surface area (Å²) >= 11 is 0. The summed E-state index contributed by atoms with van der Waals surface area (Å²) in [4.78, 5) is 2.91. The Balaban J connectivity index is 2.69. The predicted molar refractivity (Wildman–Crippen MR) is 48.9 cm³/mol. The van der Waals surface area contributed by atoms with Crippen LogP contribution in [0.25, 0.3) is 10.9 Å². The van der Waals surface area contributed by atoms with E-state index in [1.165, 1.54) is 12.1 Å². The van der Waals surface area contributed by atoms with Crippen molar-refractivity contribution in [3.63, 3.8) is 0 Å². The van der Waals surface area contributed by atoms with E-state index in [1.54, 1.807) is 19.2 Å². The van der Waals surface area contributed by atoms with Gasteiger partial charge in [-0.3, -0.25) is 0 Å². The molecule has 0 aliphatic rings. The third-order valence-corrected chi connectivity index (χ3v) is 2.13. The van der Waals surface area contributed by atoms with E-state index < -0.39 is 6.10 Å². The predicted octanol–water partition coefficient (Wildman–Crippen LogP) is 2.36. The molecule has 1 heterocycles. The molecule has 0 fully saturated rings. The average Bonchev–Trinajstić information content (AvgIpc) is 2.46. The summed E-state index contributed by atoms with van der Waals surface area (Å²) in [6, 6.07) is 4.48. The number of halogens is 1. The van der Waals surface area contributed by atoms with Crippen molar-refractivity contribution < 1.29 is 9.50 Å². The van der Waals surface area contributed by atoms with E-state index in [1.807, 2.05) is 0 Å². The average molecular weight is 179 g/mol. The van der Waals surface area contributed by atoms with Gasteiger partial charge in [-0.25, -0.2) is 4.39 Å². The van der Waals surface area contributed by atoms with Crippen LogP contribution in [0.5, 0.6) is 0 Å². The highest BCUT2D eigenvalue weighted by molar-refractivity contribution is 5.83. The van der Waals surface area contributed by atoms with Gasteiger partial charge in [-0.1, -0.05) is 0 Å². The van der Waals surface area contributed by atoms with Crippen LogP contribution in [0.3, 0.4) is 0 Å². The fraction of sp³-hybridized carbons (Fsp3) is 0.200. The number of hydrogen-bond acceptors (Lipinski definition) is 1. The number of aliphatic hydroxyl groups excluding tert-OH is 1. The molecule has 68 valence electrons. The van der Waals surface area contributed by atoms with Crippen LogP contribution < -0.4 is 0 Å². The third kappa shape index (κ3) is 1.31. The molecule has 0 aliphatic heterocycles. The van der Waals surface area contributed by atoms with Crippen LogP contribution in [0.2, 0.25) is 0 Å². The van der Waals surface area contributed by atoms with Gasteiger partial charge in [0.2, 0.25) is 0 Å². The second-order valence-electron chi connectivity index (χ2n) is 3.11. The Hall–Kier alpha value is -1.35. The molecule has 2 N–H and O–H groups in total. The lowest BCUT2D eigenvalue weighted by molar-refractivity contribution is 0.201. The number of rotatable bonds is 1. The number of benzene rings is 1. The van der Waals surface area contributed by atoms with Crippen LogP contribution in [0, 0.1) is 5.82 Å². The number of aromatic nitrogens is 1. The number of fused-ring (bicyclic) bond motifs is 1. The molecular formula is C10H10FNO. The topological polar surface area (TPSA) is 36.0 Å². The molecular weight excluding hydrogens is 169 g/mol. The van der Waals surface area contributed by atoms with Gasteiger partial charge in [0.05, 0.1) is 6.10 Å². The smallest absolute Gasteiger partial charge is 0.125 e. The summed E-state index contributed by atoms with van der Waals surface area (Å²) in [5.74, 6) is -0.272. The van der Waals surface area contributed by atoms with Crippen LogP contribution >= 0.6 is 0 Å². The van der Waals surface area contributed by atoms with Gasteiger partial charge in [0.1, 0.15) is 5.82 Å². The van der Waals surface area contributed by atoms with Crippen LogP contribution in [0.4, 0.5) is 4.39 Å². The SMILES string of the molecule is C[C@@H](O)c1c[nH]c2cc(F)ccc12. The van der Waals surface area contributed by atoms with E-state index in [-0.39, 0.29) is 5.82 Å². The van der Waals surface area contributed by atoms with Crippen molar-refractivity contribution in [1.29, 1.82) is 0 Å². The van der Waals surface area contributed by atoms with Crippen molar-refractivity contribution in [3.8, 4) is 0 Å². The van der Waals surface area contributed by atoms with Gasteiger partial charge in [0, 0.05) is 22.7 Å². The highest BCUT2D eigenvalue weighted by Crippen LogP contribution is 2.24. The van der Waals surface area contributed by atoms with Gasteiger partial charge in [0.15, 0.2) is 0 Å². The van der Waals surface area contributed by atoms with E-state index >= 15 is 0 Å². The summed E-state index contributed by atoms with van der Waals surface area (Å²) in [5, 5.41) is 10.2. The summed E-state index contributed by atoms with van der Waals surface area (Å²) in [5.41, 5.74) is 1.52. The Kier molecular flexibility index (Phi) is 1.81. The van der Waals surface area contributed by atoms with E-state index in [0.29, 0.717) is 0 Å². The van der Waals surface area contributed by atoms with Gasteiger partial charge in [-0.15, -0.1) is 0 Å². The molecule has 2 nitrogen and oxygen atoms in total. The Morgan fingerprint density at radius 2 is 2.23 bits per heavy atom. The van der Waals surface area contributed by atoms with E-state index in [4.69, 9.17) is 0 Å². The standard InChI is InChI=1S/C10H10FNO/c1-6(13)9-5-12-10-4-7(11)2-3-8(9)10/h2-6,12-13H,1H3/t6-/m1/s1. The first-order valence-electron chi connectivity index (χ1n) is 4.13. The van der Waals surface area contributed by atoms with Crippen molar-refractivity contribution in [3.05, 3.63) is 35.8 Å². The van der Waals surface area contributed by atoms with E-state index in [2.05, 4.69) is 4.98 Å². The summed E-state index contributed by atoms with van der Waals surface area (Å²) in [6.45, 7) is 1.69. The summed E-state index contributed by atoms with van der Waals surface area (Å²) in [7, 11) is 0. The largest absolute Gasteiger partial charge is 0.389 e. The number of hydrogen-bond donors (Lipinski definition) is 2. The van der Waals surface area contributed by atoms with Crippen molar-refractivity contribution in [2.24, 2.45) is 0 Å². The monoisotopic (exact) mass is 179 g/mol. The highest BCUT2D eigenvalue weighted by Gasteiger charge is 2.08. The molecule has 13 heavy (non-hydrogen) atoms. The van der Waals surface area contributed by atoms with Crippen LogP contribution in [0.15, 0.2) is 24.4 Å². The van der Waals surface area contributed by atoms with E-state index in [9.17, 15) is 9.50 Å². The molecule has 1 atom stereocenters. The number of nitrogens with one attached hydrogen (secondary N) is 1. The third-order valence-electron chi connectivity index (χ3n) is 2.13. The molecule has 1 aromatic heterocycles. The van der Waals surface area contributed by atoms with Crippen molar-refractivity contribution in [1.82, 2.24) is 4.98 Å². The van der Waals surface area contributed by atoms with Gasteiger partial charge in [0.25, 0.3) is 0 Å². The van der Waals surface area contributed by atoms with Crippen molar-refractivity contribution in [2.75, 3.05) is 0 Å². The zero-order valence-electron chi connectivity index (χ0n) is 7.21. The van der Waals surface area contributed by atoms with Crippen molar-refractivity contribution in [2.45, 2.75) is 13.0 Å². The molecule has 0 aliphatic carbocycles. The molecule has 0 saturated carbocycles. The lowest BCUT2D eigenvalue weighted by Crippen LogP contribution is -1.87. The molecule has 0 spiro atoms. The molecule has 0 bridgehead atoms. The normalized spacial score (nSPS) is 13.5. The minimum absolute atomic E-state index is 0.272. The molecule has 3 heteroatoms. The maximum atomic E-state index is 12.8. The fourth-order valence-electron chi connectivity index (χ4n) is 1.47. The first kappa shape index (κ1) is 8.26. The number of aliphatic hydroxyl groups is 1. The van der Waals surface area contributed by atoms with Gasteiger partial charge < -0.3 is 10.1 Å². The zero-order valence-corrected chi connectivity index (χ0v) is 7.21. The minimum Gasteiger partial charge on any atom is -0.389 e. The molecule has 0 unspecified atom stereocenters. The molecule has 1 aromatic carbocycles. The Morgan fingerprint density at radius 1 is 1.46 bits per heavy atom. The Bertz CT molecular complexity index is 433. The maximum Gasteiger partial charge on any atom is 0.125 e. The summed E-state index contributed by atoms with van der Waals surface area (Å²) in [6.07, 6.45) is 1.17. The zero-order chi connectivity index (χ0) is 9.42. The first-order chi connectivity index (χ1) is 6.18. The van der Waals surface area contributed by atoms with Gasteiger partial charge in [-0.05, 0) is 25.1 Å². The Labute approximate surface area is 75.0 Å². The quantitative estimate of drug-likeness (QED) is 0.692. The second kappa shape index (κ2) is 2.85. The summed E-state index contributed by atoms with van der Waals surface area (Å²) < 4.78 is 12.8. The van der Waals surface area contributed by atoms with Gasteiger partial charge in [-0.2, -0.15) is 0 Å². The Morgan fingerprint density at radius 3 is 2.92 bits per heavy atom. The second-order valence-corrected chi connectivity index (χ2v) is 3.11.